The van der Waals surface area contributed by atoms with Crippen molar-refractivity contribution in [2.45, 2.75) is 46.1 Å². The van der Waals surface area contributed by atoms with Gasteiger partial charge in [-0.2, -0.15) is 0 Å². The van der Waals surface area contributed by atoms with Crippen LogP contribution < -0.4 is 10.8 Å². The lowest BCUT2D eigenvalue weighted by Crippen LogP contribution is -2.45. The maximum Gasteiger partial charge on any atom is 0.494 e. The quantitative estimate of drug-likeness (QED) is 0.809. The minimum Gasteiger partial charge on any atom is -0.408 e. The van der Waals surface area contributed by atoms with Gasteiger partial charge in [-0.1, -0.05) is 19.1 Å². The zero-order chi connectivity index (χ0) is 14.8. The summed E-state index contributed by atoms with van der Waals surface area (Å²) in [5.74, 6) is 0.0254. The lowest BCUT2D eigenvalue weighted by molar-refractivity contribution is -0.115. The van der Waals surface area contributed by atoms with Crippen LogP contribution in [0.1, 0.15) is 39.7 Å². The number of carbonyl (C=O) groups excluding carboxylic acids is 1. The van der Waals surface area contributed by atoms with E-state index >= 15 is 0 Å². The Morgan fingerprint density at radius 3 is 2.75 bits per heavy atom. The molecule has 0 bridgehead atoms. The highest BCUT2D eigenvalue weighted by Crippen LogP contribution is 2.23. The highest BCUT2D eigenvalue weighted by Gasteiger charge is 2.33. The monoisotopic (exact) mass is 275 g/mol. The first-order valence-electron chi connectivity index (χ1n) is 7.18. The van der Waals surface area contributed by atoms with Crippen molar-refractivity contribution >= 4 is 24.2 Å². The summed E-state index contributed by atoms with van der Waals surface area (Å²) in [6.07, 6.45) is 1.29. The molecule has 1 amide bonds. The smallest absolute Gasteiger partial charge is 0.408 e. The summed E-state index contributed by atoms with van der Waals surface area (Å²) in [5, 5.41) is 2.86. The minimum absolute atomic E-state index is 0.0254. The standard InChI is InChI=1S/C15H22BNO3/c1-5-15(3,4)20-16(19-6-2)12-8-7-9-13-11(12)10-14(18)17-13/h7-9H,5-6,10H2,1-4H3,(H,17,18). The van der Waals surface area contributed by atoms with Crippen LogP contribution >= 0.6 is 0 Å². The van der Waals surface area contributed by atoms with Crippen LogP contribution in [0.15, 0.2) is 18.2 Å². The number of fused-ring (bicyclic) bond motifs is 1. The Kier molecular flexibility index (Phi) is 4.50. The first-order valence-corrected chi connectivity index (χ1v) is 7.18. The minimum atomic E-state index is -0.433. The summed E-state index contributed by atoms with van der Waals surface area (Å²) >= 11 is 0. The van der Waals surface area contributed by atoms with Gasteiger partial charge in [0.1, 0.15) is 0 Å². The summed E-state index contributed by atoms with van der Waals surface area (Å²) in [5.41, 5.74) is 2.54. The molecule has 0 aromatic heterocycles. The molecule has 108 valence electrons. The van der Waals surface area contributed by atoms with Crippen LogP contribution in [0.4, 0.5) is 5.69 Å². The average Bonchev–Trinajstić information content (AvgIpc) is 2.78. The van der Waals surface area contributed by atoms with Crippen molar-refractivity contribution in [3.63, 3.8) is 0 Å². The predicted molar refractivity (Wildman–Crippen MR) is 81.2 cm³/mol. The molecule has 0 saturated heterocycles. The Labute approximate surface area is 121 Å². The molecule has 1 aliphatic rings. The molecule has 0 saturated carbocycles. The van der Waals surface area contributed by atoms with Gasteiger partial charge in [-0.3, -0.25) is 4.79 Å². The van der Waals surface area contributed by atoms with Gasteiger partial charge in [0.05, 0.1) is 6.42 Å². The van der Waals surface area contributed by atoms with Gasteiger partial charge in [-0.25, -0.2) is 0 Å². The fourth-order valence-electron chi connectivity index (χ4n) is 2.21. The van der Waals surface area contributed by atoms with Crippen molar-refractivity contribution in [2.24, 2.45) is 0 Å². The van der Waals surface area contributed by atoms with Crippen molar-refractivity contribution in [3.8, 4) is 0 Å². The number of benzene rings is 1. The van der Waals surface area contributed by atoms with Crippen LogP contribution in [0.5, 0.6) is 0 Å². The number of carbonyl (C=O) groups is 1. The lowest BCUT2D eigenvalue weighted by Gasteiger charge is -2.28. The molecular formula is C15H22BNO3. The van der Waals surface area contributed by atoms with E-state index in [4.69, 9.17) is 9.31 Å². The van der Waals surface area contributed by atoms with Gasteiger partial charge in [0.25, 0.3) is 0 Å². The SMILES string of the molecule is CCOB(OC(C)(C)CC)c1cccc2c1CC(=O)N2. The molecule has 2 rings (SSSR count). The van der Waals surface area contributed by atoms with Gasteiger partial charge in [-0.05, 0) is 44.3 Å². The van der Waals surface area contributed by atoms with E-state index in [2.05, 4.69) is 12.2 Å². The summed E-state index contributed by atoms with van der Waals surface area (Å²) in [6, 6.07) is 5.82. The molecule has 1 N–H and O–H groups in total. The molecule has 1 aromatic carbocycles. The second kappa shape index (κ2) is 5.98. The molecule has 0 fully saturated rings. The highest BCUT2D eigenvalue weighted by molar-refractivity contribution is 6.62. The topological polar surface area (TPSA) is 47.6 Å². The number of rotatable bonds is 6. The van der Waals surface area contributed by atoms with Crippen molar-refractivity contribution in [2.75, 3.05) is 11.9 Å². The average molecular weight is 275 g/mol. The third-order valence-electron chi connectivity index (χ3n) is 3.67. The largest absolute Gasteiger partial charge is 0.494 e. The second-order valence-electron chi connectivity index (χ2n) is 5.62. The second-order valence-corrected chi connectivity index (χ2v) is 5.62. The van der Waals surface area contributed by atoms with E-state index in [0.29, 0.717) is 13.0 Å². The van der Waals surface area contributed by atoms with Crippen molar-refractivity contribution in [1.82, 2.24) is 0 Å². The van der Waals surface area contributed by atoms with Crippen LogP contribution in [0.2, 0.25) is 0 Å². The van der Waals surface area contributed by atoms with E-state index in [1.807, 2.05) is 39.0 Å². The molecule has 0 radical (unpaired) electrons. The molecule has 1 aliphatic heterocycles. The fraction of sp³-hybridized carbons (Fsp3) is 0.533. The first-order chi connectivity index (χ1) is 9.46. The van der Waals surface area contributed by atoms with Gasteiger partial charge in [-0.15, -0.1) is 0 Å². The number of hydrogen-bond donors (Lipinski definition) is 1. The number of nitrogens with one attached hydrogen (secondary N) is 1. The zero-order valence-electron chi connectivity index (χ0n) is 12.7. The maximum atomic E-state index is 11.6. The summed E-state index contributed by atoms with van der Waals surface area (Å²) < 4.78 is 11.9. The van der Waals surface area contributed by atoms with Crippen LogP contribution in [-0.2, 0) is 20.5 Å². The van der Waals surface area contributed by atoms with E-state index in [9.17, 15) is 4.79 Å². The molecule has 0 spiro atoms. The maximum absolute atomic E-state index is 11.6. The Bertz CT molecular complexity index is 502. The molecule has 0 unspecified atom stereocenters. The van der Waals surface area contributed by atoms with Crippen LogP contribution in [0.3, 0.4) is 0 Å². The predicted octanol–water partition coefficient (Wildman–Crippen LogP) is 2.12. The van der Waals surface area contributed by atoms with Gasteiger partial charge < -0.3 is 14.6 Å². The van der Waals surface area contributed by atoms with E-state index in [1.54, 1.807) is 0 Å². The van der Waals surface area contributed by atoms with Crippen LogP contribution in [0.25, 0.3) is 0 Å². The lowest BCUT2D eigenvalue weighted by atomic mass is 9.74. The molecule has 4 nitrogen and oxygen atoms in total. The third kappa shape index (κ3) is 3.22. The van der Waals surface area contributed by atoms with Crippen molar-refractivity contribution < 1.29 is 14.1 Å². The van der Waals surface area contributed by atoms with Gasteiger partial charge in [0.2, 0.25) is 5.91 Å². The van der Waals surface area contributed by atoms with Gasteiger partial charge >= 0.3 is 7.12 Å². The summed E-state index contributed by atoms with van der Waals surface area (Å²) in [7, 11) is -0.433. The van der Waals surface area contributed by atoms with Gasteiger partial charge in [0, 0.05) is 17.9 Å². The van der Waals surface area contributed by atoms with E-state index in [0.717, 1.165) is 23.1 Å². The molecular weight excluding hydrogens is 253 g/mol. The van der Waals surface area contributed by atoms with Crippen LogP contribution in [0, 0.1) is 0 Å². The Hall–Kier alpha value is -1.33. The Morgan fingerprint density at radius 2 is 2.10 bits per heavy atom. The Balaban J connectivity index is 2.31. The highest BCUT2D eigenvalue weighted by atomic mass is 16.6. The van der Waals surface area contributed by atoms with Crippen molar-refractivity contribution in [1.29, 1.82) is 0 Å². The fourth-order valence-corrected chi connectivity index (χ4v) is 2.21. The summed E-state index contributed by atoms with van der Waals surface area (Å²) in [6.45, 7) is 8.69. The van der Waals surface area contributed by atoms with E-state index in [-0.39, 0.29) is 11.5 Å². The molecule has 0 aliphatic carbocycles. The normalized spacial score (nSPS) is 14.1. The summed E-state index contributed by atoms with van der Waals surface area (Å²) in [4.78, 5) is 11.6. The molecule has 20 heavy (non-hydrogen) atoms. The van der Waals surface area contributed by atoms with E-state index < -0.39 is 7.12 Å². The zero-order valence-corrected chi connectivity index (χ0v) is 12.7. The molecule has 5 heteroatoms. The Morgan fingerprint density at radius 1 is 1.35 bits per heavy atom. The van der Waals surface area contributed by atoms with Gasteiger partial charge in [0.15, 0.2) is 0 Å². The van der Waals surface area contributed by atoms with Crippen LogP contribution in [-0.4, -0.2) is 25.2 Å². The number of hydrogen-bond acceptors (Lipinski definition) is 3. The van der Waals surface area contributed by atoms with E-state index in [1.165, 1.54) is 0 Å². The third-order valence-corrected chi connectivity index (χ3v) is 3.67. The molecule has 1 aromatic rings. The molecule has 1 heterocycles. The first kappa shape index (κ1) is 15.1. The number of amides is 1. The number of anilines is 1. The van der Waals surface area contributed by atoms with Crippen molar-refractivity contribution in [3.05, 3.63) is 23.8 Å². The molecule has 0 atom stereocenters.